The summed E-state index contributed by atoms with van der Waals surface area (Å²) in [6.45, 7) is 0. The summed E-state index contributed by atoms with van der Waals surface area (Å²) in [5, 5.41) is 10.9. The summed E-state index contributed by atoms with van der Waals surface area (Å²) in [7, 11) is -9.30. The van der Waals surface area contributed by atoms with E-state index in [0.29, 0.717) is 12.1 Å². The van der Waals surface area contributed by atoms with Crippen LogP contribution in [-0.2, 0) is 26.3 Å². The zero-order valence-electron chi connectivity index (χ0n) is 18.5. The van der Waals surface area contributed by atoms with E-state index < -0.39 is 74.9 Å². The molecule has 0 atom stereocenters. The Balaban J connectivity index is 1.70. The fourth-order valence-electron chi connectivity index (χ4n) is 3.22. The van der Waals surface area contributed by atoms with Gasteiger partial charge in [0.15, 0.2) is 11.3 Å². The van der Waals surface area contributed by atoms with Crippen molar-refractivity contribution in [2.24, 2.45) is 0 Å². The summed E-state index contributed by atoms with van der Waals surface area (Å²) in [6, 6.07) is 11.5. The Morgan fingerprint density at radius 2 is 1.55 bits per heavy atom. The number of anilines is 1. The number of alkyl halides is 3. The van der Waals surface area contributed by atoms with Crippen LogP contribution in [0.2, 0.25) is 0 Å². The third-order valence-electron chi connectivity index (χ3n) is 4.96. The Kier molecular flexibility index (Phi) is 6.62. The van der Waals surface area contributed by atoms with Gasteiger partial charge in [-0.2, -0.15) is 21.6 Å². The zero-order valence-corrected chi connectivity index (χ0v) is 20.1. The molecule has 0 aliphatic carbocycles. The molecule has 0 radical (unpaired) electrons. The van der Waals surface area contributed by atoms with Gasteiger partial charge in [-0.25, -0.2) is 13.2 Å². The van der Waals surface area contributed by atoms with E-state index in [1.807, 2.05) is 4.72 Å². The van der Waals surface area contributed by atoms with Crippen molar-refractivity contribution in [2.75, 3.05) is 4.72 Å². The number of hydrogen-bond acceptors (Lipinski definition) is 9. The van der Waals surface area contributed by atoms with E-state index in [2.05, 4.69) is 0 Å². The van der Waals surface area contributed by atoms with Crippen LogP contribution in [0.1, 0.15) is 5.56 Å². The van der Waals surface area contributed by atoms with Crippen molar-refractivity contribution in [2.45, 2.75) is 16.0 Å². The molecule has 1 aromatic heterocycles. The van der Waals surface area contributed by atoms with Crippen molar-refractivity contribution in [1.82, 2.24) is 0 Å². The first kappa shape index (κ1) is 26.6. The van der Waals surface area contributed by atoms with Crippen LogP contribution in [0.5, 0.6) is 5.75 Å². The maximum Gasteiger partial charge on any atom is 0.416 e. The molecule has 1 heterocycles. The van der Waals surface area contributed by atoms with Crippen molar-refractivity contribution >= 4 is 42.5 Å². The highest BCUT2D eigenvalue weighted by Gasteiger charge is 2.32. The normalized spacial score (nSPS) is 12.3. The van der Waals surface area contributed by atoms with Crippen LogP contribution < -0.4 is 14.5 Å². The number of benzene rings is 3. The zero-order chi connectivity index (χ0) is 27.9. The molecular weight excluding hydrogens is 557 g/mol. The van der Waals surface area contributed by atoms with Gasteiger partial charge in [-0.1, -0.05) is 24.3 Å². The average Bonchev–Trinajstić information content (AvgIpc) is 2.84. The van der Waals surface area contributed by atoms with Gasteiger partial charge in [0.1, 0.15) is 10.6 Å². The van der Waals surface area contributed by atoms with E-state index in [-0.39, 0.29) is 5.39 Å². The standard InChI is InChI=1S/C22H13F3N2O9S2/c23-22(24,25)14-5-2-7-16(11-14)37(31,32)26-18-10-13-4-1-9-19(20(13)35-21(18)28)36-38(33,34)17-8-3-6-15(12-17)27(29)30/h1-12,26H. The van der Waals surface area contributed by atoms with Gasteiger partial charge in [0.05, 0.1) is 15.4 Å². The van der Waals surface area contributed by atoms with Crippen LogP contribution in [0.15, 0.2) is 91.8 Å². The Labute approximate surface area is 211 Å². The molecule has 16 heteroatoms. The lowest BCUT2D eigenvalue weighted by molar-refractivity contribution is -0.385. The number of nitrogens with one attached hydrogen (secondary N) is 1. The molecule has 0 aliphatic rings. The summed E-state index contributed by atoms with van der Waals surface area (Å²) in [5.41, 5.74) is -4.13. The predicted molar refractivity (Wildman–Crippen MR) is 126 cm³/mol. The number of sulfonamides is 1. The first-order valence-electron chi connectivity index (χ1n) is 10.1. The lowest BCUT2D eigenvalue weighted by atomic mass is 10.2. The highest BCUT2D eigenvalue weighted by molar-refractivity contribution is 7.92. The fourth-order valence-corrected chi connectivity index (χ4v) is 5.28. The highest BCUT2D eigenvalue weighted by atomic mass is 32.2. The molecule has 0 fully saturated rings. The van der Waals surface area contributed by atoms with Crippen molar-refractivity contribution in [3.8, 4) is 5.75 Å². The van der Waals surface area contributed by atoms with Crippen LogP contribution in [-0.4, -0.2) is 21.8 Å². The minimum atomic E-state index is -4.81. The van der Waals surface area contributed by atoms with E-state index >= 15 is 0 Å². The van der Waals surface area contributed by atoms with Crippen molar-refractivity contribution in [3.63, 3.8) is 0 Å². The number of nitro benzene ring substituents is 1. The van der Waals surface area contributed by atoms with Gasteiger partial charge < -0.3 is 8.60 Å². The largest absolute Gasteiger partial charge is 0.417 e. The summed E-state index contributed by atoms with van der Waals surface area (Å²) < 4.78 is 102. The first-order chi connectivity index (χ1) is 17.7. The maximum absolute atomic E-state index is 13.0. The second kappa shape index (κ2) is 9.46. The van der Waals surface area contributed by atoms with Gasteiger partial charge >= 0.3 is 21.9 Å². The molecule has 3 aromatic carbocycles. The fraction of sp³-hybridized carbons (Fsp3) is 0.0455. The summed E-state index contributed by atoms with van der Waals surface area (Å²) in [5.74, 6) is -0.488. The van der Waals surface area contributed by atoms with Gasteiger partial charge in [-0.05, 0) is 36.4 Å². The molecule has 0 amide bonds. The summed E-state index contributed by atoms with van der Waals surface area (Å²) in [4.78, 5) is 21.3. The van der Waals surface area contributed by atoms with Crippen LogP contribution in [0.3, 0.4) is 0 Å². The average molecular weight is 570 g/mol. The molecule has 4 aromatic rings. The van der Waals surface area contributed by atoms with Crippen molar-refractivity contribution in [3.05, 3.63) is 98.9 Å². The van der Waals surface area contributed by atoms with Crippen LogP contribution >= 0.6 is 0 Å². The number of nitrogens with zero attached hydrogens (tertiary/aromatic N) is 1. The number of non-ortho nitro benzene ring substituents is 1. The number of nitro groups is 1. The highest BCUT2D eigenvalue weighted by Crippen LogP contribution is 2.32. The second-order valence-electron chi connectivity index (χ2n) is 7.55. The molecule has 0 unspecified atom stereocenters. The maximum atomic E-state index is 13.0. The van der Waals surface area contributed by atoms with E-state index in [1.54, 1.807) is 0 Å². The monoisotopic (exact) mass is 570 g/mol. The van der Waals surface area contributed by atoms with Crippen LogP contribution in [0, 0.1) is 10.1 Å². The molecular formula is C22H13F3N2O9S2. The van der Waals surface area contributed by atoms with Crippen LogP contribution in [0.4, 0.5) is 24.5 Å². The minimum Gasteiger partial charge on any atom is -0.417 e. The van der Waals surface area contributed by atoms with Crippen molar-refractivity contribution < 1.29 is 43.5 Å². The molecule has 0 bridgehead atoms. The molecule has 1 N–H and O–H groups in total. The molecule has 198 valence electrons. The van der Waals surface area contributed by atoms with E-state index in [1.165, 1.54) is 12.1 Å². The Hall–Kier alpha value is -4.44. The number of rotatable bonds is 7. The number of hydrogen-bond donors (Lipinski definition) is 1. The van der Waals surface area contributed by atoms with E-state index in [4.69, 9.17) is 8.60 Å². The van der Waals surface area contributed by atoms with Gasteiger partial charge in [-0.3, -0.25) is 14.8 Å². The van der Waals surface area contributed by atoms with Gasteiger partial charge in [0, 0.05) is 17.5 Å². The van der Waals surface area contributed by atoms with Crippen LogP contribution in [0.25, 0.3) is 11.0 Å². The summed E-state index contributed by atoms with van der Waals surface area (Å²) in [6.07, 6.45) is -4.81. The van der Waals surface area contributed by atoms with E-state index in [9.17, 15) is 44.9 Å². The van der Waals surface area contributed by atoms with Crippen molar-refractivity contribution in [1.29, 1.82) is 0 Å². The lowest BCUT2D eigenvalue weighted by Gasteiger charge is -2.12. The molecule has 0 saturated carbocycles. The molecule has 0 saturated heterocycles. The molecule has 11 nitrogen and oxygen atoms in total. The number of fused-ring (bicyclic) bond motifs is 1. The number of halogens is 3. The third-order valence-corrected chi connectivity index (χ3v) is 7.55. The predicted octanol–water partition coefficient (Wildman–Crippen LogP) is 4.29. The van der Waals surface area contributed by atoms with Gasteiger partial charge in [0.25, 0.3) is 15.7 Å². The molecule has 0 aliphatic heterocycles. The Bertz CT molecular complexity index is 1850. The molecule has 0 spiro atoms. The Morgan fingerprint density at radius 3 is 2.24 bits per heavy atom. The smallest absolute Gasteiger partial charge is 0.416 e. The SMILES string of the molecule is O=c1oc2c(OS(=O)(=O)c3cccc([N+](=O)[O-])c3)cccc2cc1NS(=O)(=O)c1cccc(C(F)(F)F)c1. The first-order valence-corrected chi connectivity index (χ1v) is 13.0. The molecule has 4 rings (SSSR count). The quantitative estimate of drug-likeness (QED) is 0.148. The topological polar surface area (TPSA) is 163 Å². The van der Waals surface area contributed by atoms with Gasteiger partial charge in [0.2, 0.25) is 0 Å². The lowest BCUT2D eigenvalue weighted by Crippen LogP contribution is -2.19. The second-order valence-corrected chi connectivity index (χ2v) is 10.8. The van der Waals surface area contributed by atoms with Gasteiger partial charge in [-0.15, -0.1) is 0 Å². The summed E-state index contributed by atoms with van der Waals surface area (Å²) >= 11 is 0. The minimum absolute atomic E-state index is 0.0157. The third kappa shape index (κ3) is 5.45. The number of para-hydroxylation sites is 1. The molecule has 38 heavy (non-hydrogen) atoms. The Morgan fingerprint density at radius 1 is 0.895 bits per heavy atom. The van der Waals surface area contributed by atoms with E-state index in [0.717, 1.165) is 48.5 Å².